The number of ether oxygens (including phenoxy) is 1. The molecule has 0 spiro atoms. The Morgan fingerprint density at radius 3 is 2.85 bits per heavy atom. The van der Waals surface area contributed by atoms with Gasteiger partial charge in [-0.2, -0.15) is 5.26 Å². The topological polar surface area (TPSA) is 78.2 Å². The van der Waals surface area contributed by atoms with Crippen LogP contribution in [0.2, 0.25) is 0 Å². The van der Waals surface area contributed by atoms with Crippen LogP contribution in [0, 0.1) is 17.2 Å². The van der Waals surface area contributed by atoms with Crippen LogP contribution in [0.5, 0.6) is 0 Å². The lowest BCUT2D eigenvalue weighted by Crippen LogP contribution is -2.51. The summed E-state index contributed by atoms with van der Waals surface area (Å²) in [6.07, 6.45) is 5.28. The molecule has 1 amide bonds. The van der Waals surface area contributed by atoms with Crippen molar-refractivity contribution in [3.05, 3.63) is 23.0 Å². The molecule has 6 heteroatoms. The maximum atomic E-state index is 12.2. The van der Waals surface area contributed by atoms with Crippen molar-refractivity contribution in [2.24, 2.45) is 5.92 Å². The van der Waals surface area contributed by atoms with Crippen LogP contribution in [0.15, 0.2) is 6.20 Å². The van der Waals surface area contributed by atoms with Gasteiger partial charge in [-0.15, -0.1) is 0 Å². The maximum absolute atomic E-state index is 12.2. The molecule has 1 aromatic heterocycles. The van der Waals surface area contributed by atoms with Gasteiger partial charge in [0, 0.05) is 31.0 Å². The van der Waals surface area contributed by atoms with Crippen molar-refractivity contribution in [1.82, 2.24) is 10.3 Å². The summed E-state index contributed by atoms with van der Waals surface area (Å²) in [7, 11) is 0. The Morgan fingerprint density at radius 2 is 2.15 bits per heavy atom. The van der Waals surface area contributed by atoms with Crippen LogP contribution >= 0.6 is 0 Å². The molecule has 1 unspecified atom stereocenters. The van der Waals surface area contributed by atoms with Gasteiger partial charge in [0.15, 0.2) is 0 Å². The molecule has 1 N–H and O–H groups in total. The number of nitriles is 1. The lowest BCUT2D eigenvalue weighted by atomic mass is 9.94. The number of fused-ring (bicyclic) bond motifs is 1. The van der Waals surface area contributed by atoms with Gasteiger partial charge in [-0.3, -0.25) is 4.98 Å². The molecule has 2 aliphatic rings. The number of piperidine rings is 1. The van der Waals surface area contributed by atoms with Crippen molar-refractivity contribution in [3.8, 4) is 6.07 Å². The highest BCUT2D eigenvalue weighted by molar-refractivity contribution is 5.69. The lowest BCUT2D eigenvalue weighted by molar-refractivity contribution is 0.0495. The monoisotopic (exact) mass is 356 g/mol. The molecule has 2 heterocycles. The van der Waals surface area contributed by atoms with Gasteiger partial charge in [0.2, 0.25) is 0 Å². The summed E-state index contributed by atoms with van der Waals surface area (Å²) in [5.74, 6) is 0.417. The average molecular weight is 356 g/mol. The van der Waals surface area contributed by atoms with E-state index < -0.39 is 5.60 Å². The Kier molecular flexibility index (Phi) is 5.08. The minimum atomic E-state index is -0.510. The van der Waals surface area contributed by atoms with E-state index in [-0.39, 0.29) is 12.1 Å². The van der Waals surface area contributed by atoms with Crippen LogP contribution in [0.1, 0.15) is 57.4 Å². The van der Waals surface area contributed by atoms with Crippen molar-refractivity contribution in [2.75, 3.05) is 18.0 Å². The minimum Gasteiger partial charge on any atom is -0.444 e. The fraction of sp³-hybridized carbons (Fsp3) is 0.650. The molecule has 140 valence electrons. The molecule has 1 fully saturated rings. The van der Waals surface area contributed by atoms with E-state index in [4.69, 9.17) is 4.74 Å². The van der Waals surface area contributed by atoms with E-state index in [0.717, 1.165) is 43.6 Å². The Balaban J connectivity index is 1.80. The van der Waals surface area contributed by atoms with Crippen LogP contribution in [-0.2, 0) is 17.6 Å². The van der Waals surface area contributed by atoms with Gasteiger partial charge in [0.1, 0.15) is 11.7 Å². The second-order valence-corrected chi connectivity index (χ2v) is 8.50. The molecule has 1 aliphatic carbocycles. The number of hydrogen-bond donors (Lipinski definition) is 1. The van der Waals surface area contributed by atoms with Gasteiger partial charge in [0.05, 0.1) is 11.3 Å². The average Bonchev–Trinajstić information content (AvgIpc) is 2.99. The zero-order valence-electron chi connectivity index (χ0n) is 16.1. The van der Waals surface area contributed by atoms with Crippen LogP contribution in [-0.4, -0.2) is 35.8 Å². The fourth-order valence-corrected chi connectivity index (χ4v) is 4.05. The van der Waals surface area contributed by atoms with Crippen LogP contribution < -0.4 is 10.2 Å². The molecule has 0 saturated carbocycles. The Morgan fingerprint density at radius 1 is 1.38 bits per heavy atom. The number of nitrogens with zero attached hydrogens (tertiary/aromatic N) is 3. The van der Waals surface area contributed by atoms with E-state index in [9.17, 15) is 10.1 Å². The lowest BCUT2D eigenvalue weighted by Gasteiger charge is -2.39. The van der Waals surface area contributed by atoms with Crippen molar-refractivity contribution in [1.29, 1.82) is 5.26 Å². The fourth-order valence-electron chi connectivity index (χ4n) is 4.05. The van der Waals surface area contributed by atoms with Gasteiger partial charge < -0.3 is 15.0 Å². The summed E-state index contributed by atoms with van der Waals surface area (Å²) in [5.41, 5.74) is 3.49. The summed E-state index contributed by atoms with van der Waals surface area (Å²) in [6, 6.07) is 2.31. The number of aryl methyl sites for hydroxylation is 1. The normalized spacial score (nSPS) is 22.5. The smallest absolute Gasteiger partial charge is 0.407 e. The predicted molar refractivity (Wildman–Crippen MR) is 100 cm³/mol. The number of hydrogen-bond acceptors (Lipinski definition) is 5. The zero-order valence-corrected chi connectivity index (χ0v) is 16.1. The maximum Gasteiger partial charge on any atom is 0.407 e. The standard InChI is InChI=1S/C20H28N4O2/c1-13-8-15(23-19(25)26-20(2,3)4)12-24(11-13)18-14(9-21)10-22-17-7-5-6-16(17)18/h10,13,15H,5-8,11-12H2,1-4H3,(H,23,25)/t13-,15?/m1/s1. The molecule has 1 saturated heterocycles. The molecule has 1 aliphatic heterocycles. The number of aromatic nitrogens is 1. The molecular weight excluding hydrogens is 328 g/mol. The first-order chi connectivity index (χ1) is 12.3. The Bertz CT molecular complexity index is 733. The van der Waals surface area contributed by atoms with Crippen molar-refractivity contribution in [2.45, 2.75) is 65.0 Å². The third-order valence-corrected chi connectivity index (χ3v) is 4.90. The number of carbonyl (C=O) groups is 1. The molecule has 0 radical (unpaired) electrons. The third kappa shape index (κ3) is 4.09. The van der Waals surface area contributed by atoms with E-state index >= 15 is 0 Å². The summed E-state index contributed by atoms with van der Waals surface area (Å²) in [6.45, 7) is 9.35. The molecule has 0 bridgehead atoms. The van der Waals surface area contributed by atoms with Gasteiger partial charge in [-0.05, 0) is 57.9 Å². The second kappa shape index (κ2) is 7.14. The number of anilines is 1. The highest BCUT2D eigenvalue weighted by atomic mass is 16.6. The number of rotatable bonds is 2. The van der Waals surface area contributed by atoms with E-state index in [1.807, 2.05) is 20.8 Å². The van der Waals surface area contributed by atoms with E-state index in [0.29, 0.717) is 18.0 Å². The molecule has 0 aromatic carbocycles. The molecule has 1 aromatic rings. The van der Waals surface area contributed by atoms with E-state index in [1.165, 1.54) is 5.56 Å². The van der Waals surface area contributed by atoms with Crippen LogP contribution in [0.25, 0.3) is 0 Å². The van der Waals surface area contributed by atoms with Gasteiger partial charge in [0.25, 0.3) is 0 Å². The molecule has 2 atom stereocenters. The van der Waals surface area contributed by atoms with Crippen molar-refractivity contribution < 1.29 is 9.53 Å². The number of carbonyl (C=O) groups excluding carboxylic acids is 1. The summed E-state index contributed by atoms with van der Waals surface area (Å²) >= 11 is 0. The second-order valence-electron chi connectivity index (χ2n) is 8.50. The predicted octanol–water partition coefficient (Wildman–Crippen LogP) is 3.18. The van der Waals surface area contributed by atoms with Gasteiger partial charge in [-0.25, -0.2) is 4.79 Å². The summed E-state index contributed by atoms with van der Waals surface area (Å²) in [4.78, 5) is 18.9. The quantitative estimate of drug-likeness (QED) is 0.880. The van der Waals surface area contributed by atoms with Gasteiger partial charge in [-0.1, -0.05) is 6.92 Å². The Hall–Kier alpha value is -2.29. The molecule has 6 nitrogen and oxygen atoms in total. The first-order valence-electron chi connectivity index (χ1n) is 9.42. The molecular formula is C20H28N4O2. The van der Waals surface area contributed by atoms with E-state index in [1.54, 1.807) is 6.20 Å². The number of amides is 1. The first kappa shape index (κ1) is 18.5. The first-order valence-corrected chi connectivity index (χ1v) is 9.42. The number of nitrogens with one attached hydrogen (secondary N) is 1. The summed E-state index contributed by atoms with van der Waals surface area (Å²) in [5, 5.41) is 12.6. The van der Waals surface area contributed by atoms with Crippen LogP contribution in [0.3, 0.4) is 0 Å². The van der Waals surface area contributed by atoms with Crippen molar-refractivity contribution >= 4 is 11.8 Å². The SMILES string of the molecule is C[C@@H]1CC(NC(=O)OC(C)(C)C)CN(c2c(C#N)cnc3c2CCC3)C1. The Labute approximate surface area is 155 Å². The number of pyridine rings is 1. The molecule has 26 heavy (non-hydrogen) atoms. The van der Waals surface area contributed by atoms with Gasteiger partial charge >= 0.3 is 6.09 Å². The highest BCUT2D eigenvalue weighted by Gasteiger charge is 2.31. The van der Waals surface area contributed by atoms with Crippen LogP contribution in [0.4, 0.5) is 10.5 Å². The number of alkyl carbamates (subject to hydrolysis) is 1. The summed E-state index contributed by atoms with van der Waals surface area (Å²) < 4.78 is 5.40. The van der Waals surface area contributed by atoms with Crippen molar-refractivity contribution in [3.63, 3.8) is 0 Å². The third-order valence-electron chi connectivity index (χ3n) is 4.90. The van der Waals surface area contributed by atoms with E-state index in [2.05, 4.69) is 28.2 Å². The largest absolute Gasteiger partial charge is 0.444 e. The highest BCUT2D eigenvalue weighted by Crippen LogP contribution is 2.35. The zero-order chi connectivity index (χ0) is 18.9. The minimum absolute atomic E-state index is 0.00496. The molecule has 3 rings (SSSR count).